The second-order valence-corrected chi connectivity index (χ2v) is 6.79. The molecule has 0 spiro atoms. The topological polar surface area (TPSA) is 64.7 Å². The second kappa shape index (κ2) is 7.86. The van der Waals surface area contributed by atoms with Gasteiger partial charge >= 0.3 is 6.18 Å². The van der Waals surface area contributed by atoms with Gasteiger partial charge in [0.05, 0.1) is 29.1 Å². The maximum absolute atomic E-state index is 13.3. The van der Waals surface area contributed by atoms with Gasteiger partial charge in [0.15, 0.2) is 5.69 Å². The summed E-state index contributed by atoms with van der Waals surface area (Å²) in [5.41, 5.74) is -0.186. The zero-order valence-electron chi connectivity index (χ0n) is 15.3. The summed E-state index contributed by atoms with van der Waals surface area (Å²) in [7, 11) is 0. The molecular formula is C18H16ClF4N5O. The first-order valence-electron chi connectivity index (χ1n) is 8.46. The molecule has 3 rings (SSSR count). The van der Waals surface area contributed by atoms with Crippen LogP contribution in [0.25, 0.3) is 0 Å². The monoisotopic (exact) mass is 429 g/mol. The minimum Gasteiger partial charge on any atom is -0.322 e. The number of carbonyl (C=O) groups excluding carboxylic acids is 1. The van der Waals surface area contributed by atoms with E-state index in [2.05, 4.69) is 15.5 Å². The van der Waals surface area contributed by atoms with Crippen LogP contribution in [0.3, 0.4) is 0 Å². The number of nitrogens with zero attached hydrogens (tertiary/aromatic N) is 4. The second-order valence-electron chi connectivity index (χ2n) is 6.41. The fourth-order valence-electron chi connectivity index (χ4n) is 2.75. The van der Waals surface area contributed by atoms with Gasteiger partial charge in [-0.15, -0.1) is 0 Å². The van der Waals surface area contributed by atoms with Crippen molar-refractivity contribution >= 4 is 23.2 Å². The molecule has 0 saturated heterocycles. The average Bonchev–Trinajstić information content (AvgIpc) is 3.19. The normalized spacial score (nSPS) is 12.8. The average molecular weight is 430 g/mol. The molecule has 0 radical (unpaired) electrons. The molecule has 0 aliphatic carbocycles. The number of hydrogen-bond donors (Lipinski definition) is 1. The Labute approximate surface area is 168 Å². The molecule has 0 fully saturated rings. The lowest BCUT2D eigenvalue weighted by atomic mass is 10.2. The Hall–Kier alpha value is -2.88. The molecular weight excluding hydrogens is 414 g/mol. The molecule has 1 amide bonds. The molecule has 1 aromatic carbocycles. The van der Waals surface area contributed by atoms with E-state index in [9.17, 15) is 22.4 Å². The van der Waals surface area contributed by atoms with Gasteiger partial charge < -0.3 is 5.32 Å². The van der Waals surface area contributed by atoms with Crippen LogP contribution in [0.4, 0.5) is 23.2 Å². The van der Waals surface area contributed by atoms with Crippen LogP contribution in [0.5, 0.6) is 0 Å². The Balaban J connectivity index is 1.72. The molecule has 0 aliphatic heterocycles. The minimum atomic E-state index is -4.72. The number of anilines is 1. The molecule has 0 bridgehead atoms. The van der Waals surface area contributed by atoms with Gasteiger partial charge in [0.2, 0.25) is 5.91 Å². The maximum atomic E-state index is 13.3. The number of rotatable bonds is 5. The zero-order chi connectivity index (χ0) is 21.3. The highest BCUT2D eigenvalue weighted by atomic mass is 35.5. The van der Waals surface area contributed by atoms with Crippen LogP contribution in [0.15, 0.2) is 36.7 Å². The Bertz CT molecular complexity index is 1040. The van der Waals surface area contributed by atoms with Crippen molar-refractivity contribution in [3.05, 3.63) is 64.5 Å². The quantitative estimate of drug-likeness (QED) is 0.609. The van der Waals surface area contributed by atoms with Gasteiger partial charge in [0.1, 0.15) is 11.9 Å². The van der Waals surface area contributed by atoms with Crippen LogP contribution in [0.2, 0.25) is 5.02 Å². The lowest BCUT2D eigenvalue weighted by molar-refractivity contribution is -0.141. The van der Waals surface area contributed by atoms with E-state index in [1.807, 2.05) is 0 Å². The molecule has 2 heterocycles. The van der Waals surface area contributed by atoms with Gasteiger partial charge in [0.25, 0.3) is 0 Å². The highest BCUT2D eigenvalue weighted by molar-refractivity contribution is 6.32. The van der Waals surface area contributed by atoms with Crippen LogP contribution in [-0.4, -0.2) is 25.5 Å². The van der Waals surface area contributed by atoms with Crippen molar-refractivity contribution in [3.63, 3.8) is 0 Å². The van der Waals surface area contributed by atoms with Crippen LogP contribution in [-0.2, 0) is 17.5 Å². The van der Waals surface area contributed by atoms with E-state index in [0.717, 1.165) is 4.68 Å². The summed E-state index contributed by atoms with van der Waals surface area (Å²) in [6, 6.07) is 4.95. The number of halogens is 5. The zero-order valence-corrected chi connectivity index (χ0v) is 16.1. The molecule has 29 heavy (non-hydrogen) atoms. The lowest BCUT2D eigenvalue weighted by Crippen LogP contribution is -2.25. The van der Waals surface area contributed by atoms with E-state index >= 15 is 0 Å². The van der Waals surface area contributed by atoms with E-state index < -0.39 is 28.8 Å². The third-order valence-electron chi connectivity index (χ3n) is 4.23. The number of amides is 1. The summed E-state index contributed by atoms with van der Waals surface area (Å²) in [4.78, 5) is 12.5. The SMILES string of the molecule is Cc1c(Cl)c(C(F)(F)F)nn1C(C)C(=O)Nc1cnn(Cc2cccc(F)c2)c1. The largest absolute Gasteiger partial charge is 0.436 e. The van der Waals surface area contributed by atoms with E-state index in [1.165, 1.54) is 43.1 Å². The van der Waals surface area contributed by atoms with Gasteiger partial charge in [-0.1, -0.05) is 23.7 Å². The Morgan fingerprint density at radius 3 is 2.69 bits per heavy atom. The fourth-order valence-corrected chi connectivity index (χ4v) is 2.98. The molecule has 1 unspecified atom stereocenters. The predicted molar refractivity (Wildman–Crippen MR) is 98.0 cm³/mol. The first-order valence-corrected chi connectivity index (χ1v) is 8.83. The van der Waals surface area contributed by atoms with Crippen molar-refractivity contribution in [1.29, 1.82) is 0 Å². The summed E-state index contributed by atoms with van der Waals surface area (Å²) in [6.07, 6.45) is -1.81. The van der Waals surface area contributed by atoms with Crippen LogP contribution < -0.4 is 5.32 Å². The van der Waals surface area contributed by atoms with Crippen molar-refractivity contribution in [3.8, 4) is 0 Å². The van der Waals surface area contributed by atoms with Gasteiger partial charge in [-0.25, -0.2) is 4.39 Å². The summed E-state index contributed by atoms with van der Waals surface area (Å²) in [5, 5.41) is 9.57. The molecule has 6 nitrogen and oxygen atoms in total. The summed E-state index contributed by atoms with van der Waals surface area (Å²) in [5.74, 6) is -0.963. The molecule has 3 aromatic rings. The van der Waals surface area contributed by atoms with Gasteiger partial charge in [-0.3, -0.25) is 14.2 Å². The van der Waals surface area contributed by atoms with E-state index in [4.69, 9.17) is 11.6 Å². The first kappa shape index (κ1) is 20.8. The molecule has 1 atom stereocenters. The fraction of sp³-hybridized carbons (Fsp3) is 0.278. The number of nitrogens with one attached hydrogen (secondary N) is 1. The molecule has 154 valence electrons. The van der Waals surface area contributed by atoms with Gasteiger partial charge in [-0.05, 0) is 31.5 Å². The van der Waals surface area contributed by atoms with Crippen LogP contribution in [0.1, 0.15) is 29.9 Å². The van der Waals surface area contributed by atoms with E-state index in [0.29, 0.717) is 11.3 Å². The standard InChI is InChI=1S/C18H16ClF4N5O/c1-10-15(19)16(18(21,22)23)26-28(10)11(2)17(29)25-14-7-24-27(9-14)8-12-4-3-5-13(20)6-12/h3-7,9,11H,8H2,1-2H3,(H,25,29). The molecule has 2 aromatic heterocycles. The Morgan fingerprint density at radius 2 is 2.07 bits per heavy atom. The lowest BCUT2D eigenvalue weighted by Gasteiger charge is -2.13. The summed E-state index contributed by atoms with van der Waals surface area (Å²) < 4.78 is 54.6. The van der Waals surface area contributed by atoms with Gasteiger partial charge in [-0.2, -0.15) is 23.4 Å². The van der Waals surface area contributed by atoms with E-state index in [-0.39, 0.29) is 18.1 Å². The highest BCUT2D eigenvalue weighted by Crippen LogP contribution is 2.36. The number of alkyl halides is 3. The molecule has 0 aliphatic rings. The molecule has 0 saturated carbocycles. The molecule has 1 N–H and O–H groups in total. The van der Waals surface area contributed by atoms with Crippen molar-refractivity contribution in [2.45, 2.75) is 32.6 Å². The number of benzene rings is 1. The smallest absolute Gasteiger partial charge is 0.322 e. The first-order chi connectivity index (χ1) is 13.6. The number of hydrogen-bond acceptors (Lipinski definition) is 3. The van der Waals surface area contributed by atoms with Crippen molar-refractivity contribution < 1.29 is 22.4 Å². The Kier molecular flexibility index (Phi) is 5.65. The van der Waals surface area contributed by atoms with E-state index in [1.54, 1.807) is 12.1 Å². The van der Waals surface area contributed by atoms with Crippen LogP contribution in [0, 0.1) is 12.7 Å². The number of aromatic nitrogens is 4. The minimum absolute atomic E-state index is 0.0310. The maximum Gasteiger partial charge on any atom is 0.436 e. The van der Waals surface area contributed by atoms with Crippen LogP contribution >= 0.6 is 11.6 Å². The van der Waals surface area contributed by atoms with Crippen molar-refractivity contribution in [2.24, 2.45) is 0 Å². The third kappa shape index (κ3) is 4.58. The third-order valence-corrected chi connectivity index (χ3v) is 4.68. The Morgan fingerprint density at radius 1 is 1.34 bits per heavy atom. The summed E-state index contributed by atoms with van der Waals surface area (Å²) >= 11 is 5.72. The molecule has 11 heteroatoms. The summed E-state index contributed by atoms with van der Waals surface area (Å²) in [6.45, 7) is 3.04. The predicted octanol–water partition coefficient (Wildman–Crippen LogP) is 4.45. The highest BCUT2D eigenvalue weighted by Gasteiger charge is 2.39. The number of carbonyl (C=O) groups is 1. The van der Waals surface area contributed by atoms with Crippen molar-refractivity contribution in [2.75, 3.05) is 5.32 Å². The van der Waals surface area contributed by atoms with Crippen molar-refractivity contribution in [1.82, 2.24) is 19.6 Å². The van der Waals surface area contributed by atoms with Gasteiger partial charge in [0, 0.05) is 6.20 Å².